The van der Waals surface area contributed by atoms with Crippen molar-refractivity contribution in [1.29, 1.82) is 0 Å². The van der Waals surface area contributed by atoms with Gasteiger partial charge in [0.25, 0.3) is 0 Å². The molecule has 240 valence electrons. The molecule has 0 amide bonds. The Morgan fingerprint density at radius 1 is 1.00 bits per heavy atom. The van der Waals surface area contributed by atoms with Gasteiger partial charge in [0.15, 0.2) is 5.82 Å². The Morgan fingerprint density at radius 2 is 1.78 bits per heavy atom. The Morgan fingerprint density at radius 3 is 2.57 bits per heavy atom. The molecule has 2 aliphatic rings. The van der Waals surface area contributed by atoms with Crippen molar-refractivity contribution in [1.82, 2.24) is 18.8 Å². The number of nitrogens with zero attached hydrogens (tertiary/aromatic N) is 7. The molecule has 0 aliphatic carbocycles. The van der Waals surface area contributed by atoms with Gasteiger partial charge < -0.3 is 19.1 Å². The molecule has 0 spiro atoms. The largest absolute Gasteiger partial charge is 0.378 e. The molecule has 5 heterocycles. The van der Waals surface area contributed by atoms with Crippen LogP contribution in [0.2, 0.25) is 10.0 Å². The smallest absolute Gasteiger partial charge is 0.246 e. The van der Waals surface area contributed by atoms with Gasteiger partial charge in [0.05, 0.1) is 50.9 Å². The van der Waals surface area contributed by atoms with Crippen molar-refractivity contribution in [3.8, 4) is 0 Å². The van der Waals surface area contributed by atoms with E-state index in [2.05, 4.69) is 43.1 Å². The van der Waals surface area contributed by atoms with Crippen molar-refractivity contribution in [2.75, 3.05) is 74.0 Å². The molecule has 2 saturated heterocycles. The molecular weight excluding hydrogens is 667 g/mol. The van der Waals surface area contributed by atoms with E-state index in [1.54, 1.807) is 23.6 Å². The molecule has 2 aromatic carbocycles. The topological polar surface area (TPSA) is 108 Å². The normalized spacial score (nSPS) is 16.7. The molecule has 15 heteroatoms. The minimum absolute atomic E-state index is 0.394. The predicted molar refractivity (Wildman–Crippen MR) is 188 cm³/mol. The van der Waals surface area contributed by atoms with E-state index in [0.29, 0.717) is 61.9 Å². The quantitative estimate of drug-likeness (QED) is 0.170. The number of fused-ring (bicyclic) bond motifs is 2. The highest BCUT2D eigenvalue weighted by Crippen LogP contribution is 2.38. The summed E-state index contributed by atoms with van der Waals surface area (Å²) in [6, 6.07) is 15.9. The summed E-state index contributed by atoms with van der Waals surface area (Å²) in [4.78, 5) is 14.2. The monoisotopic (exact) mass is 698 g/mol. The average molecular weight is 700 g/mol. The number of ether oxygens (including phenoxy) is 1. The second-order valence-corrected chi connectivity index (χ2v) is 15.0. The fraction of sp³-hybridized carbons (Fsp3) is 0.323. The van der Waals surface area contributed by atoms with Gasteiger partial charge >= 0.3 is 0 Å². The zero-order chi connectivity index (χ0) is 31.8. The van der Waals surface area contributed by atoms with Crippen LogP contribution in [0, 0.1) is 0 Å². The lowest BCUT2D eigenvalue weighted by Gasteiger charge is -2.33. The van der Waals surface area contributed by atoms with Crippen LogP contribution in [0.15, 0.2) is 59.8 Å². The number of hydrazone groups is 1. The van der Waals surface area contributed by atoms with Gasteiger partial charge in [-0.05, 0) is 23.8 Å². The van der Waals surface area contributed by atoms with E-state index in [4.69, 9.17) is 37.9 Å². The van der Waals surface area contributed by atoms with Gasteiger partial charge in [-0.2, -0.15) is 14.4 Å². The first kappa shape index (κ1) is 31.2. The van der Waals surface area contributed by atoms with E-state index in [1.807, 2.05) is 30.5 Å². The van der Waals surface area contributed by atoms with E-state index in [0.717, 1.165) is 56.2 Å². The van der Waals surface area contributed by atoms with Crippen LogP contribution < -0.4 is 15.2 Å². The van der Waals surface area contributed by atoms with E-state index in [-0.39, 0.29) is 0 Å². The van der Waals surface area contributed by atoms with Gasteiger partial charge in [0.2, 0.25) is 16.0 Å². The Bertz CT molecular complexity index is 2030. The van der Waals surface area contributed by atoms with Crippen LogP contribution in [0.25, 0.3) is 21.1 Å². The summed E-state index contributed by atoms with van der Waals surface area (Å²) in [5.41, 5.74) is 6.81. The number of thiophene rings is 1. The number of benzene rings is 2. The van der Waals surface area contributed by atoms with Crippen molar-refractivity contribution in [3.63, 3.8) is 0 Å². The Labute approximate surface area is 281 Å². The van der Waals surface area contributed by atoms with Gasteiger partial charge in [-0.3, -0.25) is 0 Å². The standard InChI is InChI=1S/C31H32Cl2N8O3S2/c1-46(42,43)41-11-9-38(10-12-41)27-17-25-29(45-27)30(39-13-15-44-16-14-39)36-31(35-25)37-34-18-22-20-40(26-8-3-2-6-23(22)26)19-21-5-4-7-24(32)28(21)33/h2-8,17-18,20H,9-16,19H2,1H3,(H,35,36,37)/b34-18+. The van der Waals surface area contributed by atoms with Gasteiger partial charge in [0, 0.05) is 68.5 Å². The number of anilines is 3. The minimum atomic E-state index is -3.20. The molecular formula is C31H32Cl2N8O3S2. The maximum atomic E-state index is 12.0. The van der Waals surface area contributed by atoms with Crippen molar-refractivity contribution in [3.05, 3.63) is 75.9 Å². The zero-order valence-corrected chi connectivity index (χ0v) is 28.2. The Kier molecular flexibility index (Phi) is 8.79. The Balaban J connectivity index is 1.16. The SMILES string of the molecule is CS(=O)(=O)N1CCN(c2cc3nc(N/N=C/c4cn(Cc5cccc(Cl)c5Cl)c5ccccc45)nc(N4CCOCC4)c3s2)CC1. The molecule has 5 aromatic rings. The van der Waals surface area contributed by atoms with E-state index < -0.39 is 10.0 Å². The highest BCUT2D eigenvalue weighted by atomic mass is 35.5. The third-order valence-corrected chi connectivity index (χ3v) is 11.6. The average Bonchev–Trinajstić information content (AvgIpc) is 3.65. The first-order valence-electron chi connectivity index (χ1n) is 14.9. The van der Waals surface area contributed by atoms with Crippen molar-refractivity contribution in [2.45, 2.75) is 6.54 Å². The molecule has 0 saturated carbocycles. The van der Waals surface area contributed by atoms with Crippen molar-refractivity contribution in [2.24, 2.45) is 5.10 Å². The summed E-state index contributed by atoms with van der Waals surface area (Å²) in [5.74, 6) is 1.23. The van der Waals surface area contributed by atoms with Crippen LogP contribution in [0.1, 0.15) is 11.1 Å². The summed E-state index contributed by atoms with van der Waals surface area (Å²) in [6.45, 7) is 5.42. The molecule has 0 unspecified atom stereocenters. The second kappa shape index (κ2) is 13.0. The molecule has 0 radical (unpaired) electrons. The third-order valence-electron chi connectivity index (χ3n) is 8.23. The third kappa shape index (κ3) is 6.40. The number of hydrogen-bond acceptors (Lipinski definition) is 10. The molecule has 0 bridgehead atoms. The van der Waals surface area contributed by atoms with E-state index in [9.17, 15) is 8.42 Å². The van der Waals surface area contributed by atoms with Gasteiger partial charge in [-0.25, -0.2) is 18.8 Å². The summed E-state index contributed by atoms with van der Waals surface area (Å²) in [5, 5.41) is 7.74. The van der Waals surface area contributed by atoms with Crippen LogP contribution in [0.4, 0.5) is 16.8 Å². The minimum Gasteiger partial charge on any atom is -0.378 e. The molecule has 2 aliphatic heterocycles. The van der Waals surface area contributed by atoms with E-state index >= 15 is 0 Å². The number of piperazine rings is 1. The summed E-state index contributed by atoms with van der Waals surface area (Å²) >= 11 is 14.4. The van der Waals surface area contributed by atoms with Gasteiger partial charge in [-0.1, -0.05) is 53.5 Å². The summed E-state index contributed by atoms with van der Waals surface area (Å²) < 4.78 is 34.3. The van der Waals surface area contributed by atoms with Crippen molar-refractivity contribution < 1.29 is 13.2 Å². The first-order chi connectivity index (χ1) is 22.2. The molecule has 1 N–H and O–H groups in total. The Hall–Kier alpha value is -3.46. The maximum Gasteiger partial charge on any atom is 0.246 e. The second-order valence-electron chi connectivity index (χ2n) is 11.2. The van der Waals surface area contributed by atoms with Crippen molar-refractivity contribution >= 4 is 88.7 Å². The van der Waals surface area contributed by atoms with Crippen LogP contribution in [0.5, 0.6) is 0 Å². The van der Waals surface area contributed by atoms with Gasteiger partial charge in [0.1, 0.15) is 0 Å². The summed E-state index contributed by atoms with van der Waals surface area (Å²) in [6.07, 6.45) is 5.09. The number of rotatable bonds is 8. The first-order valence-corrected chi connectivity index (χ1v) is 18.3. The summed E-state index contributed by atoms with van der Waals surface area (Å²) in [7, 11) is -3.20. The lowest BCUT2D eigenvalue weighted by atomic mass is 10.2. The van der Waals surface area contributed by atoms with E-state index in [1.165, 1.54) is 10.6 Å². The molecule has 11 nitrogen and oxygen atoms in total. The number of halogens is 2. The number of aromatic nitrogens is 3. The van der Waals surface area contributed by atoms with Crippen LogP contribution in [-0.4, -0.2) is 92.2 Å². The van der Waals surface area contributed by atoms with Crippen LogP contribution >= 0.6 is 34.5 Å². The molecule has 3 aromatic heterocycles. The highest BCUT2D eigenvalue weighted by Gasteiger charge is 2.26. The predicted octanol–water partition coefficient (Wildman–Crippen LogP) is 5.37. The molecule has 2 fully saturated rings. The van der Waals surface area contributed by atoms with Crippen LogP contribution in [-0.2, 0) is 21.3 Å². The fourth-order valence-electron chi connectivity index (χ4n) is 5.86. The fourth-order valence-corrected chi connectivity index (χ4v) is 8.23. The van der Waals surface area contributed by atoms with Gasteiger partial charge in [-0.15, -0.1) is 11.3 Å². The number of sulfonamides is 1. The molecule has 0 atom stereocenters. The number of morpholine rings is 1. The number of nitrogens with one attached hydrogen (secondary N) is 1. The highest BCUT2D eigenvalue weighted by molar-refractivity contribution is 7.88. The van der Waals surface area contributed by atoms with Crippen LogP contribution in [0.3, 0.4) is 0 Å². The number of hydrogen-bond donors (Lipinski definition) is 1. The molecule has 46 heavy (non-hydrogen) atoms. The lowest BCUT2D eigenvalue weighted by Crippen LogP contribution is -2.48. The zero-order valence-electron chi connectivity index (χ0n) is 25.1. The maximum absolute atomic E-state index is 12.0. The molecule has 7 rings (SSSR count). The number of para-hydroxylation sites is 1. The lowest BCUT2D eigenvalue weighted by molar-refractivity contribution is 0.122.